The highest BCUT2D eigenvalue weighted by Gasteiger charge is 2.22. The van der Waals surface area contributed by atoms with Crippen molar-refractivity contribution in [3.05, 3.63) is 60.7 Å². The summed E-state index contributed by atoms with van der Waals surface area (Å²) in [5, 5.41) is 11.7. The van der Waals surface area contributed by atoms with E-state index in [1.165, 1.54) is 0 Å². The van der Waals surface area contributed by atoms with Crippen LogP contribution in [0.25, 0.3) is 11.3 Å². The normalized spacial score (nSPS) is 13.6. The molecule has 3 aromatic rings. The van der Waals surface area contributed by atoms with Crippen molar-refractivity contribution in [3.8, 4) is 22.8 Å². The highest BCUT2D eigenvalue weighted by molar-refractivity contribution is 5.89. The summed E-state index contributed by atoms with van der Waals surface area (Å²) in [5.74, 6) is 2.41. The number of hydrogen-bond acceptors (Lipinski definition) is 6. The number of amides is 2. The van der Waals surface area contributed by atoms with Gasteiger partial charge in [-0.25, -0.2) is 4.79 Å². The molecule has 1 saturated heterocycles. The third kappa shape index (κ3) is 5.08. The van der Waals surface area contributed by atoms with E-state index in [0.29, 0.717) is 32.8 Å². The van der Waals surface area contributed by atoms with Crippen LogP contribution in [-0.2, 0) is 0 Å². The van der Waals surface area contributed by atoms with Crippen LogP contribution in [0, 0.1) is 0 Å². The lowest BCUT2D eigenvalue weighted by Crippen LogP contribution is -2.50. The molecule has 1 aliphatic heterocycles. The number of piperazine rings is 1. The van der Waals surface area contributed by atoms with Crippen LogP contribution in [0.15, 0.2) is 60.7 Å². The first-order valence-corrected chi connectivity index (χ1v) is 10.7. The Morgan fingerprint density at radius 2 is 1.59 bits per heavy atom. The van der Waals surface area contributed by atoms with E-state index in [1.54, 1.807) is 7.11 Å². The van der Waals surface area contributed by atoms with Gasteiger partial charge in [0.25, 0.3) is 0 Å². The number of rotatable bonds is 6. The molecule has 8 nitrogen and oxygen atoms in total. The van der Waals surface area contributed by atoms with E-state index < -0.39 is 0 Å². The lowest BCUT2D eigenvalue weighted by atomic mass is 10.1. The van der Waals surface area contributed by atoms with Gasteiger partial charge in [0.05, 0.1) is 19.4 Å². The summed E-state index contributed by atoms with van der Waals surface area (Å²) < 4.78 is 10.6. The molecular weight excluding hydrogens is 406 g/mol. The van der Waals surface area contributed by atoms with Crippen LogP contribution in [0.3, 0.4) is 0 Å². The molecule has 1 aliphatic rings. The zero-order chi connectivity index (χ0) is 22.3. The second kappa shape index (κ2) is 10.00. The van der Waals surface area contributed by atoms with E-state index in [-0.39, 0.29) is 6.03 Å². The third-order valence-corrected chi connectivity index (χ3v) is 5.34. The lowest BCUT2D eigenvalue weighted by molar-refractivity contribution is 0.208. The van der Waals surface area contributed by atoms with Crippen LogP contribution in [0.4, 0.5) is 16.3 Å². The lowest BCUT2D eigenvalue weighted by Gasteiger charge is -2.35. The smallest absolute Gasteiger partial charge is 0.321 e. The maximum absolute atomic E-state index is 12.6. The van der Waals surface area contributed by atoms with Gasteiger partial charge in [0, 0.05) is 37.4 Å². The molecule has 0 atom stereocenters. The van der Waals surface area contributed by atoms with Crippen LogP contribution in [-0.4, -0.2) is 61.0 Å². The zero-order valence-electron chi connectivity index (χ0n) is 18.3. The monoisotopic (exact) mass is 433 g/mol. The maximum atomic E-state index is 12.6. The number of aromatic nitrogens is 2. The van der Waals surface area contributed by atoms with Gasteiger partial charge >= 0.3 is 6.03 Å². The van der Waals surface area contributed by atoms with Crippen LogP contribution < -0.4 is 19.7 Å². The number of carbonyl (C=O) groups excluding carboxylic acids is 1. The van der Waals surface area contributed by atoms with Crippen molar-refractivity contribution >= 4 is 17.5 Å². The van der Waals surface area contributed by atoms with Crippen LogP contribution in [0.5, 0.6) is 11.5 Å². The summed E-state index contributed by atoms with van der Waals surface area (Å²) in [5.41, 5.74) is 2.55. The van der Waals surface area contributed by atoms with Gasteiger partial charge in [-0.05, 0) is 67.6 Å². The van der Waals surface area contributed by atoms with Gasteiger partial charge in [-0.3, -0.25) is 0 Å². The summed E-state index contributed by atoms with van der Waals surface area (Å²) in [7, 11) is 1.65. The van der Waals surface area contributed by atoms with Crippen molar-refractivity contribution in [1.82, 2.24) is 15.1 Å². The molecule has 32 heavy (non-hydrogen) atoms. The molecule has 2 amide bonds. The minimum absolute atomic E-state index is 0.102. The average Bonchev–Trinajstić information content (AvgIpc) is 2.86. The Morgan fingerprint density at radius 1 is 0.906 bits per heavy atom. The van der Waals surface area contributed by atoms with Gasteiger partial charge in [-0.1, -0.05) is 0 Å². The summed E-state index contributed by atoms with van der Waals surface area (Å²) in [6.45, 7) is 5.19. The van der Waals surface area contributed by atoms with Gasteiger partial charge in [0.15, 0.2) is 5.82 Å². The minimum atomic E-state index is -0.102. The fourth-order valence-corrected chi connectivity index (χ4v) is 3.55. The summed E-state index contributed by atoms with van der Waals surface area (Å²) in [6, 6.07) is 19.0. The number of ether oxygens (including phenoxy) is 2. The van der Waals surface area contributed by atoms with Crippen LogP contribution in [0.2, 0.25) is 0 Å². The molecule has 166 valence electrons. The number of urea groups is 1. The largest absolute Gasteiger partial charge is 0.497 e. The Hall–Kier alpha value is -3.81. The second-order valence-corrected chi connectivity index (χ2v) is 7.37. The topological polar surface area (TPSA) is 79.8 Å². The summed E-state index contributed by atoms with van der Waals surface area (Å²) in [6.07, 6.45) is 0. The second-order valence-electron chi connectivity index (χ2n) is 7.37. The minimum Gasteiger partial charge on any atom is -0.497 e. The first kappa shape index (κ1) is 21.4. The Kier molecular flexibility index (Phi) is 6.69. The van der Waals surface area contributed by atoms with Crippen molar-refractivity contribution in [1.29, 1.82) is 0 Å². The van der Waals surface area contributed by atoms with Crippen LogP contribution in [0.1, 0.15) is 6.92 Å². The molecule has 2 heterocycles. The number of methoxy groups -OCH3 is 1. The summed E-state index contributed by atoms with van der Waals surface area (Å²) >= 11 is 0. The van der Waals surface area contributed by atoms with E-state index in [1.807, 2.05) is 72.5 Å². The van der Waals surface area contributed by atoms with Crippen molar-refractivity contribution in [2.24, 2.45) is 0 Å². The molecule has 0 aliphatic carbocycles. The maximum Gasteiger partial charge on any atom is 0.321 e. The standard InChI is InChI=1S/C24H27N5O3/c1-3-32-21-10-6-19(7-11-21)25-24(30)29-16-14-28(15-17-29)23-13-12-22(26-27-23)18-4-8-20(31-2)9-5-18/h4-13H,3,14-17H2,1-2H3,(H,25,30). The third-order valence-electron chi connectivity index (χ3n) is 5.34. The number of benzene rings is 2. The average molecular weight is 434 g/mol. The molecule has 8 heteroatoms. The molecule has 1 fully saturated rings. The van der Waals surface area contributed by atoms with Crippen molar-refractivity contribution in [3.63, 3.8) is 0 Å². The highest BCUT2D eigenvalue weighted by atomic mass is 16.5. The molecule has 0 radical (unpaired) electrons. The molecule has 0 spiro atoms. The fraction of sp³-hybridized carbons (Fsp3) is 0.292. The molecule has 1 aromatic heterocycles. The Labute approximate surface area is 187 Å². The van der Waals surface area contributed by atoms with Crippen molar-refractivity contribution in [2.75, 3.05) is 50.1 Å². The van der Waals surface area contributed by atoms with E-state index >= 15 is 0 Å². The van der Waals surface area contributed by atoms with E-state index in [4.69, 9.17) is 9.47 Å². The van der Waals surface area contributed by atoms with Gasteiger partial charge in [0.2, 0.25) is 0 Å². The molecule has 0 saturated carbocycles. The van der Waals surface area contributed by atoms with Crippen molar-refractivity contribution in [2.45, 2.75) is 6.92 Å². The predicted molar refractivity (Wildman–Crippen MR) is 124 cm³/mol. The highest BCUT2D eigenvalue weighted by Crippen LogP contribution is 2.22. The van der Waals surface area contributed by atoms with E-state index in [0.717, 1.165) is 34.3 Å². The Bertz CT molecular complexity index is 1020. The number of carbonyl (C=O) groups is 1. The predicted octanol–water partition coefficient (Wildman–Crippen LogP) is 3.91. The number of nitrogens with one attached hydrogen (secondary N) is 1. The molecular formula is C24H27N5O3. The van der Waals surface area contributed by atoms with Gasteiger partial charge in [-0.2, -0.15) is 0 Å². The SMILES string of the molecule is CCOc1ccc(NC(=O)N2CCN(c3ccc(-c4ccc(OC)cc4)nn3)CC2)cc1. The molecule has 2 aromatic carbocycles. The molecule has 4 rings (SSSR count). The summed E-state index contributed by atoms with van der Waals surface area (Å²) in [4.78, 5) is 16.6. The Morgan fingerprint density at radius 3 is 2.19 bits per heavy atom. The fourth-order valence-electron chi connectivity index (χ4n) is 3.55. The Balaban J connectivity index is 1.30. The van der Waals surface area contributed by atoms with Gasteiger partial charge < -0.3 is 24.6 Å². The molecule has 0 bridgehead atoms. The van der Waals surface area contributed by atoms with Gasteiger partial charge in [0.1, 0.15) is 11.5 Å². The first-order chi connectivity index (χ1) is 15.7. The molecule has 1 N–H and O–H groups in total. The van der Waals surface area contributed by atoms with E-state index in [9.17, 15) is 4.79 Å². The zero-order valence-corrected chi connectivity index (χ0v) is 18.3. The first-order valence-electron chi connectivity index (χ1n) is 10.7. The number of nitrogens with zero attached hydrogens (tertiary/aromatic N) is 4. The number of hydrogen-bond donors (Lipinski definition) is 1. The van der Waals surface area contributed by atoms with Gasteiger partial charge in [-0.15, -0.1) is 10.2 Å². The molecule has 0 unspecified atom stereocenters. The van der Waals surface area contributed by atoms with Crippen molar-refractivity contribution < 1.29 is 14.3 Å². The van der Waals surface area contributed by atoms with E-state index in [2.05, 4.69) is 20.4 Å². The van der Waals surface area contributed by atoms with Crippen LogP contribution >= 0.6 is 0 Å². The number of anilines is 2. The quantitative estimate of drug-likeness (QED) is 0.635.